The molecular weight excluding hydrogens is 381 g/mol. The van der Waals surface area contributed by atoms with E-state index < -0.39 is 36.9 Å². The first kappa shape index (κ1) is 20.4. The lowest BCUT2D eigenvalue weighted by Gasteiger charge is -2.15. The van der Waals surface area contributed by atoms with Gasteiger partial charge < -0.3 is 4.74 Å². The molecule has 0 amide bonds. The Labute approximate surface area is 166 Å². The Morgan fingerprint density at radius 1 is 1.00 bits per heavy atom. The van der Waals surface area contributed by atoms with E-state index in [9.17, 15) is 18.0 Å². The van der Waals surface area contributed by atoms with Crippen LogP contribution in [0.3, 0.4) is 0 Å². The first-order valence-corrected chi connectivity index (χ1v) is 9.04. The average molecular weight is 400 g/mol. The molecule has 2 aromatic carbocycles. The molecule has 29 heavy (non-hydrogen) atoms. The van der Waals surface area contributed by atoms with Crippen LogP contribution in [0.4, 0.5) is 13.2 Å². The highest BCUT2D eigenvalue weighted by molar-refractivity contribution is 5.76. The number of carbonyl (C=O) groups is 1. The SMILES string of the molecule is CC(C(=O)OCCC(F)=C(F)F)n1nc(-c2ccccc2)cc1-c1ccccc1. The van der Waals surface area contributed by atoms with Gasteiger partial charge in [-0.05, 0) is 18.6 Å². The molecule has 0 N–H and O–H groups in total. The van der Waals surface area contributed by atoms with Crippen LogP contribution >= 0.6 is 0 Å². The fourth-order valence-electron chi connectivity index (χ4n) is 2.82. The van der Waals surface area contributed by atoms with Gasteiger partial charge in [0.2, 0.25) is 0 Å². The van der Waals surface area contributed by atoms with Gasteiger partial charge in [-0.1, -0.05) is 60.7 Å². The van der Waals surface area contributed by atoms with E-state index in [1.165, 1.54) is 4.68 Å². The maximum atomic E-state index is 12.9. The summed E-state index contributed by atoms with van der Waals surface area (Å²) in [5.41, 5.74) is 3.12. The van der Waals surface area contributed by atoms with Gasteiger partial charge in [0, 0.05) is 12.0 Å². The average Bonchev–Trinajstić information content (AvgIpc) is 3.19. The van der Waals surface area contributed by atoms with Gasteiger partial charge in [-0.3, -0.25) is 4.68 Å². The third-order valence-electron chi connectivity index (χ3n) is 4.35. The third-order valence-corrected chi connectivity index (χ3v) is 4.35. The lowest BCUT2D eigenvalue weighted by atomic mass is 10.1. The zero-order chi connectivity index (χ0) is 20.8. The van der Waals surface area contributed by atoms with E-state index in [1.54, 1.807) is 6.92 Å². The molecule has 1 unspecified atom stereocenters. The number of halogens is 3. The van der Waals surface area contributed by atoms with Crippen molar-refractivity contribution in [1.29, 1.82) is 0 Å². The number of ether oxygens (including phenoxy) is 1. The monoisotopic (exact) mass is 400 g/mol. The van der Waals surface area contributed by atoms with Crippen molar-refractivity contribution in [2.24, 2.45) is 0 Å². The first-order chi connectivity index (χ1) is 14.0. The Morgan fingerprint density at radius 3 is 2.17 bits per heavy atom. The molecule has 1 atom stereocenters. The third kappa shape index (κ3) is 4.93. The van der Waals surface area contributed by atoms with E-state index in [-0.39, 0.29) is 0 Å². The van der Waals surface area contributed by atoms with Crippen molar-refractivity contribution in [3.8, 4) is 22.5 Å². The molecule has 0 fully saturated rings. The van der Waals surface area contributed by atoms with Crippen molar-refractivity contribution >= 4 is 5.97 Å². The van der Waals surface area contributed by atoms with Crippen LogP contribution < -0.4 is 0 Å². The molecule has 150 valence electrons. The summed E-state index contributed by atoms with van der Waals surface area (Å²) < 4.78 is 43.7. The van der Waals surface area contributed by atoms with Gasteiger partial charge in [-0.15, -0.1) is 0 Å². The molecule has 1 heterocycles. The van der Waals surface area contributed by atoms with Crippen LogP contribution in [0.5, 0.6) is 0 Å². The summed E-state index contributed by atoms with van der Waals surface area (Å²) in [6, 6.07) is 19.9. The minimum absolute atomic E-state index is 0.472. The largest absolute Gasteiger partial charge is 0.464 e. The van der Waals surface area contributed by atoms with Crippen molar-refractivity contribution in [3.05, 3.63) is 78.6 Å². The molecule has 0 aliphatic heterocycles. The molecule has 0 aliphatic rings. The van der Waals surface area contributed by atoms with E-state index in [1.807, 2.05) is 66.7 Å². The van der Waals surface area contributed by atoms with Gasteiger partial charge >= 0.3 is 12.0 Å². The Balaban J connectivity index is 1.87. The fraction of sp³-hybridized carbons (Fsp3) is 0.182. The molecule has 1 aromatic heterocycles. The van der Waals surface area contributed by atoms with Crippen molar-refractivity contribution < 1.29 is 22.7 Å². The lowest BCUT2D eigenvalue weighted by Crippen LogP contribution is -2.21. The predicted molar refractivity (Wildman–Crippen MR) is 104 cm³/mol. The van der Waals surface area contributed by atoms with Crippen molar-refractivity contribution in [2.45, 2.75) is 19.4 Å². The van der Waals surface area contributed by atoms with Crippen LogP contribution in [-0.2, 0) is 9.53 Å². The molecule has 3 aromatic rings. The summed E-state index contributed by atoms with van der Waals surface area (Å²) in [5.74, 6) is -2.27. The van der Waals surface area contributed by atoms with Crippen molar-refractivity contribution in [3.63, 3.8) is 0 Å². The molecule has 7 heteroatoms. The molecule has 0 saturated heterocycles. The van der Waals surface area contributed by atoms with Gasteiger partial charge in [0.05, 0.1) is 18.0 Å². The number of carbonyl (C=O) groups excluding carboxylic acids is 1. The molecule has 0 aliphatic carbocycles. The van der Waals surface area contributed by atoms with E-state index >= 15 is 0 Å². The van der Waals surface area contributed by atoms with Crippen LogP contribution in [0, 0.1) is 0 Å². The molecule has 4 nitrogen and oxygen atoms in total. The molecular formula is C22H19F3N2O2. The standard InChI is InChI=1S/C22H19F3N2O2/c1-15(22(28)29-13-12-18(23)21(24)25)27-20(17-10-6-3-7-11-17)14-19(26-27)16-8-4-2-5-9-16/h2-11,14-15H,12-13H2,1H3. The van der Waals surface area contributed by atoms with E-state index in [2.05, 4.69) is 5.10 Å². The number of hydrogen-bond donors (Lipinski definition) is 0. The van der Waals surface area contributed by atoms with Crippen LogP contribution in [0.2, 0.25) is 0 Å². The van der Waals surface area contributed by atoms with Gasteiger partial charge in [-0.2, -0.15) is 13.9 Å². The minimum atomic E-state index is -2.40. The number of aromatic nitrogens is 2. The minimum Gasteiger partial charge on any atom is -0.464 e. The highest BCUT2D eigenvalue weighted by Gasteiger charge is 2.23. The van der Waals surface area contributed by atoms with Crippen LogP contribution in [0.15, 0.2) is 78.6 Å². The summed E-state index contributed by atoms with van der Waals surface area (Å²) in [5, 5.41) is 4.56. The van der Waals surface area contributed by atoms with Crippen LogP contribution in [0.25, 0.3) is 22.5 Å². The zero-order valence-corrected chi connectivity index (χ0v) is 15.7. The number of rotatable bonds is 7. The summed E-state index contributed by atoms with van der Waals surface area (Å²) in [4.78, 5) is 12.4. The number of esters is 1. The summed E-state index contributed by atoms with van der Waals surface area (Å²) in [7, 11) is 0. The van der Waals surface area contributed by atoms with Gasteiger partial charge in [-0.25, -0.2) is 9.18 Å². The second kappa shape index (κ2) is 9.23. The van der Waals surface area contributed by atoms with E-state index in [0.29, 0.717) is 11.4 Å². The maximum Gasteiger partial charge on any atom is 0.330 e. The first-order valence-electron chi connectivity index (χ1n) is 9.04. The van der Waals surface area contributed by atoms with Crippen LogP contribution in [-0.4, -0.2) is 22.4 Å². The Kier molecular flexibility index (Phi) is 6.49. The molecule has 0 spiro atoms. The smallest absolute Gasteiger partial charge is 0.330 e. The van der Waals surface area contributed by atoms with Crippen molar-refractivity contribution in [1.82, 2.24) is 9.78 Å². The molecule has 0 radical (unpaired) electrons. The quantitative estimate of drug-likeness (QED) is 0.472. The normalized spacial score (nSPS) is 11.7. The highest BCUT2D eigenvalue weighted by atomic mass is 19.3. The zero-order valence-electron chi connectivity index (χ0n) is 15.7. The van der Waals surface area contributed by atoms with E-state index in [0.717, 1.165) is 11.1 Å². The predicted octanol–water partition coefficient (Wildman–Crippen LogP) is 5.79. The summed E-state index contributed by atoms with van der Waals surface area (Å²) >= 11 is 0. The molecule has 0 bridgehead atoms. The van der Waals surface area contributed by atoms with Crippen molar-refractivity contribution in [2.75, 3.05) is 6.61 Å². The van der Waals surface area contributed by atoms with Gasteiger partial charge in [0.25, 0.3) is 0 Å². The fourth-order valence-corrected chi connectivity index (χ4v) is 2.82. The lowest BCUT2D eigenvalue weighted by molar-refractivity contribution is -0.147. The summed E-state index contributed by atoms with van der Waals surface area (Å²) in [6.07, 6.45) is -3.07. The van der Waals surface area contributed by atoms with Gasteiger partial charge in [0.15, 0.2) is 5.83 Å². The van der Waals surface area contributed by atoms with Gasteiger partial charge in [0.1, 0.15) is 6.04 Å². The number of hydrogen-bond acceptors (Lipinski definition) is 3. The maximum absolute atomic E-state index is 12.9. The molecule has 3 rings (SSSR count). The number of benzene rings is 2. The topological polar surface area (TPSA) is 44.1 Å². The second-order valence-electron chi connectivity index (χ2n) is 6.35. The summed E-state index contributed by atoms with van der Waals surface area (Å²) in [6.45, 7) is 1.12. The van der Waals surface area contributed by atoms with Crippen LogP contribution in [0.1, 0.15) is 19.4 Å². The second-order valence-corrected chi connectivity index (χ2v) is 6.35. The Morgan fingerprint density at radius 2 is 1.59 bits per heavy atom. The Bertz CT molecular complexity index is 997. The van der Waals surface area contributed by atoms with E-state index in [4.69, 9.17) is 4.74 Å². The highest BCUT2D eigenvalue weighted by Crippen LogP contribution is 2.29. The Hall–Kier alpha value is -3.35. The molecule has 0 saturated carbocycles. The number of nitrogens with zero attached hydrogens (tertiary/aromatic N) is 2.